The van der Waals surface area contributed by atoms with Crippen LogP contribution in [0.3, 0.4) is 0 Å². The van der Waals surface area contributed by atoms with Gasteiger partial charge in [-0.25, -0.2) is 0 Å². The van der Waals surface area contributed by atoms with Gasteiger partial charge in [-0.1, -0.05) is 40.2 Å². The summed E-state index contributed by atoms with van der Waals surface area (Å²) in [4.78, 5) is 5.21. The van der Waals surface area contributed by atoms with E-state index in [0.29, 0.717) is 10.9 Å². The Kier molecular flexibility index (Phi) is 3.40. The van der Waals surface area contributed by atoms with E-state index in [0.717, 1.165) is 0 Å². The van der Waals surface area contributed by atoms with Gasteiger partial charge in [0, 0.05) is 12.4 Å². The Labute approximate surface area is 112 Å². The van der Waals surface area contributed by atoms with Gasteiger partial charge in [-0.15, -0.1) is 0 Å². The van der Waals surface area contributed by atoms with E-state index in [2.05, 4.69) is 20.9 Å². The van der Waals surface area contributed by atoms with Crippen molar-refractivity contribution in [3.8, 4) is 0 Å². The van der Waals surface area contributed by atoms with E-state index >= 15 is 0 Å². The average molecular weight is 321 g/mol. The van der Waals surface area contributed by atoms with Gasteiger partial charge in [-0.05, 0) is 11.1 Å². The van der Waals surface area contributed by atoms with E-state index in [1.54, 1.807) is 25.2 Å². The molecule has 6 heteroatoms. The van der Waals surface area contributed by atoms with E-state index in [1.165, 1.54) is 17.3 Å². The Morgan fingerprint density at radius 2 is 2.06 bits per heavy atom. The molecule has 18 heavy (non-hydrogen) atoms. The second kappa shape index (κ2) is 4.57. The van der Waals surface area contributed by atoms with Gasteiger partial charge >= 0.3 is 6.18 Å². The molecule has 98 valence electrons. The van der Waals surface area contributed by atoms with Crippen molar-refractivity contribution in [2.24, 2.45) is 4.99 Å². The highest BCUT2D eigenvalue weighted by Crippen LogP contribution is 2.46. The van der Waals surface area contributed by atoms with Crippen molar-refractivity contribution in [3.63, 3.8) is 0 Å². The zero-order valence-electron chi connectivity index (χ0n) is 9.71. The van der Waals surface area contributed by atoms with E-state index in [9.17, 15) is 13.2 Å². The molecule has 1 aliphatic heterocycles. The SMILES string of the molecule is CN1C=NC(c2ccccc2CBr)(C(F)(F)F)C1. The minimum absolute atomic E-state index is 0.180. The second-order valence-electron chi connectivity index (χ2n) is 4.31. The monoisotopic (exact) mass is 320 g/mol. The maximum Gasteiger partial charge on any atom is 0.419 e. The van der Waals surface area contributed by atoms with Crippen molar-refractivity contribution in [3.05, 3.63) is 35.4 Å². The molecule has 1 aliphatic rings. The number of benzene rings is 1. The van der Waals surface area contributed by atoms with E-state index in [4.69, 9.17) is 0 Å². The van der Waals surface area contributed by atoms with Crippen molar-refractivity contribution in [2.45, 2.75) is 17.0 Å². The van der Waals surface area contributed by atoms with Crippen LogP contribution in [0.5, 0.6) is 0 Å². The van der Waals surface area contributed by atoms with Crippen LogP contribution in [-0.4, -0.2) is 31.0 Å². The van der Waals surface area contributed by atoms with Crippen molar-refractivity contribution in [1.82, 2.24) is 4.90 Å². The summed E-state index contributed by atoms with van der Waals surface area (Å²) in [7, 11) is 1.59. The molecule has 0 saturated heterocycles. The first-order chi connectivity index (χ1) is 8.40. The third-order valence-corrected chi connectivity index (χ3v) is 3.63. The molecular weight excluding hydrogens is 309 g/mol. The molecule has 0 saturated carbocycles. The fraction of sp³-hybridized carbons (Fsp3) is 0.417. The Morgan fingerprint density at radius 3 is 2.56 bits per heavy atom. The van der Waals surface area contributed by atoms with Gasteiger partial charge in [0.1, 0.15) is 0 Å². The van der Waals surface area contributed by atoms with Crippen LogP contribution in [0.15, 0.2) is 29.3 Å². The Hall–Kier alpha value is -1.04. The molecule has 2 rings (SSSR count). The molecule has 2 nitrogen and oxygen atoms in total. The normalized spacial score (nSPS) is 23.7. The van der Waals surface area contributed by atoms with Gasteiger partial charge in [0.15, 0.2) is 5.54 Å². The summed E-state index contributed by atoms with van der Waals surface area (Å²) in [5.41, 5.74) is -1.32. The first-order valence-corrected chi connectivity index (χ1v) is 6.49. The quantitative estimate of drug-likeness (QED) is 0.763. The average Bonchev–Trinajstić information content (AvgIpc) is 2.72. The van der Waals surface area contributed by atoms with Gasteiger partial charge in [0.25, 0.3) is 0 Å². The lowest BCUT2D eigenvalue weighted by Crippen LogP contribution is -2.45. The Bertz CT molecular complexity index is 473. The first kappa shape index (κ1) is 13.4. The molecule has 0 radical (unpaired) electrons. The fourth-order valence-corrected chi connectivity index (χ4v) is 2.64. The molecule has 0 aromatic heterocycles. The third kappa shape index (κ3) is 2.02. The molecule has 1 atom stereocenters. The second-order valence-corrected chi connectivity index (χ2v) is 4.87. The fourth-order valence-electron chi connectivity index (χ4n) is 2.15. The molecule has 1 unspecified atom stereocenters. The lowest BCUT2D eigenvalue weighted by Gasteiger charge is -2.31. The molecule has 0 bridgehead atoms. The third-order valence-electron chi connectivity index (χ3n) is 3.03. The lowest BCUT2D eigenvalue weighted by atomic mass is 9.87. The molecule has 1 aromatic carbocycles. The van der Waals surface area contributed by atoms with E-state index < -0.39 is 11.7 Å². The summed E-state index contributed by atoms with van der Waals surface area (Å²) < 4.78 is 40.3. The summed E-state index contributed by atoms with van der Waals surface area (Å²) >= 11 is 3.23. The topological polar surface area (TPSA) is 15.6 Å². The molecule has 0 amide bonds. The van der Waals surface area contributed by atoms with Gasteiger partial charge in [-0.2, -0.15) is 13.2 Å². The summed E-state index contributed by atoms with van der Waals surface area (Å²) in [6.07, 6.45) is -3.16. The first-order valence-electron chi connectivity index (χ1n) is 5.37. The van der Waals surface area contributed by atoms with E-state index in [-0.39, 0.29) is 12.1 Å². The van der Waals surface area contributed by atoms with Gasteiger partial charge < -0.3 is 4.90 Å². The standard InChI is InChI=1S/C12H12BrF3N2/c1-18-7-11(17-8-18,12(14,15)16)10-5-3-2-4-9(10)6-13/h2-5,8H,6-7H2,1H3. The summed E-state index contributed by atoms with van der Waals surface area (Å²) in [5, 5.41) is 0.375. The largest absolute Gasteiger partial charge is 0.419 e. The van der Waals surface area contributed by atoms with Gasteiger partial charge in [-0.3, -0.25) is 4.99 Å². The maximum absolute atomic E-state index is 13.4. The Morgan fingerprint density at radius 1 is 1.39 bits per heavy atom. The number of likely N-dealkylation sites (N-methyl/N-ethyl adjacent to an activating group) is 1. The zero-order chi connectivity index (χ0) is 13.4. The van der Waals surface area contributed by atoms with Crippen LogP contribution in [0, 0.1) is 0 Å². The lowest BCUT2D eigenvalue weighted by molar-refractivity contribution is -0.187. The van der Waals surface area contributed by atoms with Crippen molar-refractivity contribution < 1.29 is 13.2 Å². The van der Waals surface area contributed by atoms with Crippen molar-refractivity contribution in [1.29, 1.82) is 0 Å². The van der Waals surface area contributed by atoms with Crippen LogP contribution in [0.4, 0.5) is 13.2 Å². The number of rotatable bonds is 2. The Balaban J connectivity index is 2.59. The molecule has 0 fully saturated rings. The zero-order valence-corrected chi connectivity index (χ0v) is 11.3. The number of hydrogen-bond donors (Lipinski definition) is 0. The van der Waals surface area contributed by atoms with Crippen LogP contribution in [0.2, 0.25) is 0 Å². The van der Waals surface area contributed by atoms with Crippen LogP contribution in [-0.2, 0) is 10.9 Å². The molecule has 0 aliphatic carbocycles. The van der Waals surface area contributed by atoms with Crippen LogP contribution >= 0.6 is 15.9 Å². The summed E-state index contributed by atoms with van der Waals surface area (Å²) in [5.74, 6) is 0. The summed E-state index contributed by atoms with van der Waals surface area (Å²) in [6, 6.07) is 6.53. The number of nitrogens with zero attached hydrogens (tertiary/aromatic N) is 2. The molecular formula is C12H12BrF3N2. The maximum atomic E-state index is 13.4. The van der Waals surface area contributed by atoms with Crippen LogP contribution in [0.1, 0.15) is 11.1 Å². The minimum Gasteiger partial charge on any atom is -0.363 e. The van der Waals surface area contributed by atoms with Gasteiger partial charge in [0.2, 0.25) is 0 Å². The van der Waals surface area contributed by atoms with E-state index in [1.807, 2.05) is 0 Å². The molecule has 1 aromatic rings. The minimum atomic E-state index is -4.41. The van der Waals surface area contributed by atoms with Crippen molar-refractivity contribution >= 4 is 22.3 Å². The number of hydrogen-bond acceptors (Lipinski definition) is 2. The predicted molar refractivity (Wildman–Crippen MR) is 67.9 cm³/mol. The smallest absolute Gasteiger partial charge is 0.363 e. The van der Waals surface area contributed by atoms with Gasteiger partial charge in [0.05, 0.1) is 12.9 Å². The predicted octanol–water partition coefficient (Wildman–Crippen LogP) is 3.31. The highest BCUT2D eigenvalue weighted by molar-refractivity contribution is 9.08. The molecule has 1 heterocycles. The number of aliphatic imine (C=N–C) groups is 1. The highest BCUT2D eigenvalue weighted by atomic mass is 79.9. The van der Waals surface area contributed by atoms with Crippen molar-refractivity contribution in [2.75, 3.05) is 13.6 Å². The van der Waals surface area contributed by atoms with Crippen LogP contribution in [0.25, 0.3) is 0 Å². The highest BCUT2D eigenvalue weighted by Gasteiger charge is 2.59. The number of alkyl halides is 4. The molecule has 0 N–H and O–H groups in total. The molecule has 0 spiro atoms. The number of halogens is 4. The summed E-state index contributed by atoms with van der Waals surface area (Å²) in [6.45, 7) is -0.180. The van der Waals surface area contributed by atoms with Crippen LogP contribution < -0.4 is 0 Å².